The third-order valence-corrected chi connectivity index (χ3v) is 6.87. The second kappa shape index (κ2) is 21.7. The number of carbonyl (C=O) groups is 3. The minimum absolute atomic E-state index is 0.0876. The SMILES string of the molecule is CC/C=C\C/C=C\C/C=C\C/C=C\C/C=C\C/C=C\CCC(=O)N[C@@H](C)C(=O)NC1=NC2=NC[C@H]([C@@H](O)[C@H](C)O)NC2C(=O)N1. The molecule has 0 bridgehead atoms. The number of guanidine groups is 1. The van der Waals surface area contributed by atoms with Gasteiger partial charge >= 0.3 is 0 Å². The number of aliphatic hydroxyl groups is 2. The summed E-state index contributed by atoms with van der Waals surface area (Å²) >= 11 is 0. The van der Waals surface area contributed by atoms with Crippen LogP contribution in [0.2, 0.25) is 0 Å². The summed E-state index contributed by atoms with van der Waals surface area (Å²) in [5.41, 5.74) is 0. The summed E-state index contributed by atoms with van der Waals surface area (Å²) in [5, 5.41) is 30.2. The number of amidine groups is 1. The van der Waals surface area contributed by atoms with Crippen LogP contribution in [0.25, 0.3) is 0 Å². The van der Waals surface area contributed by atoms with Gasteiger partial charge in [0, 0.05) is 6.42 Å². The first-order valence-corrected chi connectivity index (χ1v) is 15.8. The van der Waals surface area contributed by atoms with Crippen LogP contribution in [-0.4, -0.2) is 76.6 Å². The first-order valence-electron chi connectivity index (χ1n) is 15.8. The quantitative estimate of drug-likeness (QED) is 0.129. The molecule has 0 saturated heterocycles. The standard InChI is InChI=1S/C34H50N6O5/c1-4-5-6-7-8-9-10-11-12-13-14-15-16-17-18-19-20-21-22-23-28(42)36-25(2)32(44)39-34-38-31-29(33(45)40-34)37-27(24-35-31)30(43)26(3)41/h5-6,8-9,11-12,14-15,17-18,20-21,25-27,29-30,37,41,43H,4,7,10,13,16,19,22-24H2,1-3H3,(H,36,42)(H2,35,38,39,40,44,45)/b6-5-,9-8-,12-11-,15-14-,18-17-,21-20-/t25-,26-,27+,29?,30-/m0/s1. The van der Waals surface area contributed by atoms with Gasteiger partial charge in [-0.2, -0.15) is 4.99 Å². The average Bonchev–Trinajstić information content (AvgIpc) is 3.01. The van der Waals surface area contributed by atoms with E-state index in [1.54, 1.807) is 6.92 Å². The van der Waals surface area contributed by atoms with E-state index in [1.165, 1.54) is 6.92 Å². The van der Waals surface area contributed by atoms with E-state index in [4.69, 9.17) is 0 Å². The molecule has 0 fully saturated rings. The molecule has 5 atom stereocenters. The van der Waals surface area contributed by atoms with Crippen molar-refractivity contribution in [3.8, 4) is 0 Å². The maximum atomic E-state index is 12.6. The van der Waals surface area contributed by atoms with E-state index in [9.17, 15) is 24.6 Å². The van der Waals surface area contributed by atoms with Crippen LogP contribution in [0.1, 0.15) is 72.1 Å². The number of carbonyl (C=O) groups excluding carboxylic acids is 3. The molecule has 0 aromatic heterocycles. The van der Waals surface area contributed by atoms with Crippen molar-refractivity contribution >= 4 is 29.5 Å². The molecule has 2 aliphatic rings. The summed E-state index contributed by atoms with van der Waals surface area (Å²) in [6.07, 6.45) is 29.9. The Bertz CT molecular complexity index is 1200. The van der Waals surface area contributed by atoms with Gasteiger partial charge in [0.2, 0.25) is 17.8 Å². The summed E-state index contributed by atoms with van der Waals surface area (Å²) in [6, 6.07) is -2.37. The Morgan fingerprint density at radius 2 is 1.42 bits per heavy atom. The molecular formula is C34H50N6O5. The van der Waals surface area contributed by atoms with E-state index in [2.05, 4.69) is 98.9 Å². The number of fused-ring (bicyclic) bond motifs is 1. The van der Waals surface area contributed by atoms with Crippen LogP contribution in [0.5, 0.6) is 0 Å². The highest BCUT2D eigenvalue weighted by molar-refractivity contribution is 6.22. The van der Waals surface area contributed by atoms with Gasteiger partial charge < -0.3 is 15.5 Å². The van der Waals surface area contributed by atoms with Gasteiger partial charge in [0.1, 0.15) is 12.1 Å². The molecule has 2 aliphatic heterocycles. The number of rotatable bonds is 18. The van der Waals surface area contributed by atoms with Crippen LogP contribution in [-0.2, 0) is 14.4 Å². The summed E-state index contributed by atoms with van der Waals surface area (Å²) in [6.45, 7) is 5.24. The Labute approximate surface area is 267 Å². The number of hydrogen-bond acceptors (Lipinski definition) is 8. The predicted molar refractivity (Wildman–Crippen MR) is 179 cm³/mol. The highest BCUT2D eigenvalue weighted by Gasteiger charge is 2.38. The van der Waals surface area contributed by atoms with E-state index in [1.807, 2.05) is 12.2 Å². The maximum Gasteiger partial charge on any atom is 0.251 e. The van der Waals surface area contributed by atoms with Crippen LogP contribution in [0.4, 0.5) is 0 Å². The molecule has 246 valence electrons. The van der Waals surface area contributed by atoms with Gasteiger partial charge in [-0.3, -0.25) is 35.3 Å². The largest absolute Gasteiger partial charge is 0.391 e. The molecule has 2 rings (SSSR count). The van der Waals surface area contributed by atoms with Gasteiger partial charge in [-0.25, -0.2) is 0 Å². The highest BCUT2D eigenvalue weighted by Crippen LogP contribution is 2.11. The van der Waals surface area contributed by atoms with Gasteiger partial charge in [0.05, 0.1) is 24.8 Å². The lowest BCUT2D eigenvalue weighted by molar-refractivity contribution is -0.127. The van der Waals surface area contributed by atoms with E-state index < -0.39 is 42.1 Å². The zero-order valence-electron chi connectivity index (χ0n) is 26.7. The lowest BCUT2D eigenvalue weighted by Crippen LogP contribution is -2.65. The number of nitrogens with zero attached hydrogens (tertiary/aromatic N) is 2. The summed E-state index contributed by atoms with van der Waals surface area (Å²) in [4.78, 5) is 45.8. The van der Waals surface area contributed by atoms with Crippen molar-refractivity contribution in [2.24, 2.45) is 9.98 Å². The molecule has 0 radical (unpaired) electrons. The van der Waals surface area contributed by atoms with Crippen LogP contribution in [0, 0.1) is 0 Å². The third-order valence-electron chi connectivity index (χ3n) is 6.87. The topological polar surface area (TPSA) is 165 Å². The van der Waals surface area contributed by atoms with E-state index in [0.29, 0.717) is 6.42 Å². The highest BCUT2D eigenvalue weighted by atomic mass is 16.3. The first-order chi connectivity index (χ1) is 21.7. The zero-order valence-corrected chi connectivity index (χ0v) is 26.7. The van der Waals surface area contributed by atoms with Gasteiger partial charge in [-0.15, -0.1) is 0 Å². The summed E-state index contributed by atoms with van der Waals surface area (Å²) in [7, 11) is 0. The Kier molecular flexibility index (Phi) is 18.0. The molecule has 0 saturated carbocycles. The molecule has 0 aromatic rings. The predicted octanol–water partition coefficient (Wildman–Crippen LogP) is 3.05. The number of aliphatic hydroxyl groups excluding tert-OH is 2. The molecule has 0 aromatic carbocycles. The van der Waals surface area contributed by atoms with Crippen molar-refractivity contribution < 1.29 is 24.6 Å². The van der Waals surface area contributed by atoms with Crippen molar-refractivity contribution in [1.29, 1.82) is 0 Å². The Balaban J connectivity index is 1.60. The van der Waals surface area contributed by atoms with E-state index in [0.717, 1.165) is 38.5 Å². The van der Waals surface area contributed by atoms with E-state index in [-0.39, 0.29) is 30.7 Å². The van der Waals surface area contributed by atoms with Gasteiger partial charge in [0.25, 0.3) is 5.91 Å². The minimum atomic E-state index is -1.10. The van der Waals surface area contributed by atoms with Crippen molar-refractivity contribution in [3.05, 3.63) is 72.9 Å². The van der Waals surface area contributed by atoms with Crippen molar-refractivity contribution in [3.63, 3.8) is 0 Å². The normalized spacial score (nSPS) is 21.0. The average molecular weight is 623 g/mol. The van der Waals surface area contributed by atoms with Gasteiger partial charge in [0.15, 0.2) is 5.84 Å². The molecular weight excluding hydrogens is 572 g/mol. The first kappa shape index (κ1) is 37.3. The molecule has 45 heavy (non-hydrogen) atoms. The fourth-order valence-corrected chi connectivity index (χ4v) is 4.31. The summed E-state index contributed by atoms with van der Waals surface area (Å²) in [5.74, 6) is -1.24. The Morgan fingerprint density at radius 1 is 0.889 bits per heavy atom. The molecule has 11 nitrogen and oxygen atoms in total. The second-order valence-corrected chi connectivity index (χ2v) is 10.8. The number of nitrogens with one attached hydrogen (secondary N) is 4. The monoisotopic (exact) mass is 622 g/mol. The third kappa shape index (κ3) is 15.1. The summed E-state index contributed by atoms with van der Waals surface area (Å²) < 4.78 is 0. The van der Waals surface area contributed by atoms with Crippen LogP contribution in [0.15, 0.2) is 82.9 Å². The van der Waals surface area contributed by atoms with Gasteiger partial charge in [-0.1, -0.05) is 79.8 Å². The molecule has 6 N–H and O–H groups in total. The lowest BCUT2D eigenvalue weighted by Gasteiger charge is -2.34. The number of hydrogen-bond donors (Lipinski definition) is 6. The van der Waals surface area contributed by atoms with Crippen molar-refractivity contribution in [2.75, 3.05) is 6.54 Å². The number of aliphatic imine (C=N–C) groups is 2. The zero-order chi connectivity index (χ0) is 32.9. The number of amides is 3. The smallest absolute Gasteiger partial charge is 0.251 e. The molecule has 2 heterocycles. The molecule has 0 spiro atoms. The van der Waals surface area contributed by atoms with Gasteiger partial charge in [-0.05, 0) is 58.8 Å². The van der Waals surface area contributed by atoms with E-state index >= 15 is 0 Å². The van der Waals surface area contributed by atoms with Crippen LogP contribution < -0.4 is 21.3 Å². The van der Waals surface area contributed by atoms with Crippen LogP contribution in [0.3, 0.4) is 0 Å². The Morgan fingerprint density at radius 3 is 1.96 bits per heavy atom. The Hall–Kier alpha value is -3.93. The maximum absolute atomic E-state index is 12.6. The molecule has 0 aliphatic carbocycles. The fraction of sp³-hybridized carbons (Fsp3) is 0.500. The van der Waals surface area contributed by atoms with Crippen molar-refractivity contribution in [1.82, 2.24) is 21.3 Å². The van der Waals surface area contributed by atoms with Crippen LogP contribution >= 0.6 is 0 Å². The fourth-order valence-electron chi connectivity index (χ4n) is 4.31. The molecule has 11 heteroatoms. The number of allylic oxidation sites excluding steroid dienone is 12. The van der Waals surface area contributed by atoms with Crippen molar-refractivity contribution in [2.45, 2.75) is 102 Å². The molecule has 1 unspecified atom stereocenters. The minimum Gasteiger partial charge on any atom is -0.391 e. The second-order valence-electron chi connectivity index (χ2n) is 10.8. The molecule has 3 amide bonds. The lowest BCUT2D eigenvalue weighted by atomic mass is 10.0.